The number of aryl methyl sites for hydroxylation is 1. The molecule has 20 heavy (non-hydrogen) atoms. The van der Waals surface area contributed by atoms with Crippen molar-refractivity contribution in [3.63, 3.8) is 0 Å². The van der Waals surface area contributed by atoms with Gasteiger partial charge in [-0.3, -0.25) is 11.3 Å². The molecule has 0 aliphatic heterocycles. The summed E-state index contributed by atoms with van der Waals surface area (Å²) >= 11 is 0. The van der Waals surface area contributed by atoms with Crippen LogP contribution in [0.5, 0.6) is 5.75 Å². The van der Waals surface area contributed by atoms with E-state index in [1.807, 2.05) is 6.07 Å². The molecule has 4 unspecified atom stereocenters. The molecule has 3 N–H and O–H groups in total. The molecule has 0 aromatic heterocycles. The first-order valence-electron chi connectivity index (χ1n) is 7.82. The van der Waals surface area contributed by atoms with Crippen molar-refractivity contribution in [3.8, 4) is 5.75 Å². The highest BCUT2D eigenvalue weighted by molar-refractivity contribution is 5.36. The first-order chi connectivity index (χ1) is 9.71. The van der Waals surface area contributed by atoms with Crippen LogP contribution in [0.3, 0.4) is 0 Å². The van der Waals surface area contributed by atoms with E-state index in [1.54, 1.807) is 7.11 Å². The first-order valence-corrected chi connectivity index (χ1v) is 7.82. The zero-order valence-corrected chi connectivity index (χ0v) is 12.6. The van der Waals surface area contributed by atoms with Gasteiger partial charge in [-0.25, -0.2) is 0 Å². The summed E-state index contributed by atoms with van der Waals surface area (Å²) < 4.78 is 5.29. The number of hydrogen-bond donors (Lipinski definition) is 2. The van der Waals surface area contributed by atoms with Gasteiger partial charge >= 0.3 is 0 Å². The van der Waals surface area contributed by atoms with E-state index in [-0.39, 0.29) is 6.04 Å². The van der Waals surface area contributed by atoms with E-state index < -0.39 is 0 Å². The van der Waals surface area contributed by atoms with Crippen LogP contribution in [-0.4, -0.2) is 7.11 Å². The summed E-state index contributed by atoms with van der Waals surface area (Å²) in [7, 11) is 1.71. The third kappa shape index (κ3) is 2.57. The minimum absolute atomic E-state index is 0.269. The molecule has 2 aliphatic carbocycles. The van der Waals surface area contributed by atoms with Gasteiger partial charge in [0.1, 0.15) is 5.75 Å². The standard InChI is InChI=1S/C17H26N2O/c1-11-7-15(20-2)5-6-16(11)17(19-18)10-14-9-12-3-4-13(14)8-12/h5-7,12-14,17,19H,3-4,8-10,18H2,1-2H3. The smallest absolute Gasteiger partial charge is 0.119 e. The largest absolute Gasteiger partial charge is 0.497 e. The molecular formula is C17H26N2O. The fourth-order valence-electron chi connectivity index (χ4n) is 4.42. The number of methoxy groups -OCH3 is 1. The lowest BCUT2D eigenvalue weighted by Crippen LogP contribution is -2.31. The maximum atomic E-state index is 5.84. The van der Waals surface area contributed by atoms with Crippen LogP contribution in [0, 0.1) is 24.7 Å². The van der Waals surface area contributed by atoms with Crippen LogP contribution in [0.25, 0.3) is 0 Å². The zero-order chi connectivity index (χ0) is 14.1. The van der Waals surface area contributed by atoms with Gasteiger partial charge in [0.2, 0.25) is 0 Å². The molecule has 0 heterocycles. The van der Waals surface area contributed by atoms with Gasteiger partial charge in [0.25, 0.3) is 0 Å². The molecule has 3 nitrogen and oxygen atoms in total. The van der Waals surface area contributed by atoms with Crippen molar-refractivity contribution in [3.05, 3.63) is 29.3 Å². The van der Waals surface area contributed by atoms with Crippen molar-refractivity contribution < 1.29 is 4.74 Å². The number of nitrogens with two attached hydrogens (primary N) is 1. The van der Waals surface area contributed by atoms with Gasteiger partial charge < -0.3 is 4.74 Å². The van der Waals surface area contributed by atoms with Gasteiger partial charge in [0.05, 0.1) is 7.11 Å². The summed E-state index contributed by atoms with van der Waals surface area (Å²) in [5, 5.41) is 0. The lowest BCUT2D eigenvalue weighted by Gasteiger charge is -2.27. The Hall–Kier alpha value is -1.06. The van der Waals surface area contributed by atoms with E-state index >= 15 is 0 Å². The lowest BCUT2D eigenvalue weighted by molar-refractivity contribution is 0.279. The third-order valence-corrected chi connectivity index (χ3v) is 5.48. The number of fused-ring (bicyclic) bond motifs is 2. The summed E-state index contributed by atoms with van der Waals surface area (Å²) in [6, 6.07) is 6.56. The second-order valence-electron chi connectivity index (χ2n) is 6.61. The predicted octanol–water partition coefficient (Wildman–Crippen LogP) is 3.33. The normalized spacial score (nSPS) is 29.6. The van der Waals surface area contributed by atoms with Crippen molar-refractivity contribution in [1.29, 1.82) is 0 Å². The molecule has 0 saturated heterocycles. The molecule has 3 rings (SSSR count). The number of benzene rings is 1. The Morgan fingerprint density at radius 3 is 2.75 bits per heavy atom. The summed E-state index contributed by atoms with van der Waals surface area (Å²) in [5.41, 5.74) is 5.62. The third-order valence-electron chi connectivity index (χ3n) is 5.48. The molecule has 2 fully saturated rings. The first kappa shape index (κ1) is 13.9. The monoisotopic (exact) mass is 274 g/mol. The van der Waals surface area contributed by atoms with Gasteiger partial charge in [-0.15, -0.1) is 0 Å². The molecular weight excluding hydrogens is 248 g/mol. The van der Waals surface area contributed by atoms with Gasteiger partial charge in [0.15, 0.2) is 0 Å². The van der Waals surface area contributed by atoms with Gasteiger partial charge in [-0.05, 0) is 73.6 Å². The molecule has 1 aromatic rings. The fraction of sp³-hybridized carbons (Fsp3) is 0.647. The van der Waals surface area contributed by atoms with Crippen LogP contribution in [0.4, 0.5) is 0 Å². The highest BCUT2D eigenvalue weighted by Gasteiger charge is 2.40. The summed E-state index contributed by atoms with van der Waals surface area (Å²) in [6.07, 6.45) is 6.95. The Morgan fingerprint density at radius 1 is 1.35 bits per heavy atom. The minimum atomic E-state index is 0.269. The molecule has 2 saturated carbocycles. The van der Waals surface area contributed by atoms with E-state index in [1.165, 1.54) is 43.2 Å². The topological polar surface area (TPSA) is 47.3 Å². The fourth-order valence-corrected chi connectivity index (χ4v) is 4.42. The van der Waals surface area contributed by atoms with E-state index in [0.717, 1.165) is 23.5 Å². The predicted molar refractivity (Wildman–Crippen MR) is 81.4 cm³/mol. The molecule has 110 valence electrons. The summed E-state index contributed by atoms with van der Waals surface area (Å²) in [4.78, 5) is 0. The molecule has 1 aromatic carbocycles. The Kier molecular flexibility index (Phi) is 3.99. The molecule has 2 aliphatic rings. The van der Waals surface area contributed by atoms with Crippen LogP contribution in [0.15, 0.2) is 18.2 Å². The zero-order valence-electron chi connectivity index (χ0n) is 12.6. The highest BCUT2D eigenvalue weighted by Crippen LogP contribution is 2.51. The second-order valence-corrected chi connectivity index (χ2v) is 6.61. The molecule has 4 atom stereocenters. The van der Waals surface area contributed by atoms with Crippen LogP contribution in [-0.2, 0) is 0 Å². The average molecular weight is 274 g/mol. The van der Waals surface area contributed by atoms with E-state index in [9.17, 15) is 0 Å². The van der Waals surface area contributed by atoms with Crippen molar-refractivity contribution in [1.82, 2.24) is 5.43 Å². The van der Waals surface area contributed by atoms with E-state index in [2.05, 4.69) is 24.5 Å². The molecule has 0 radical (unpaired) electrons. The quantitative estimate of drug-likeness (QED) is 0.639. The highest BCUT2D eigenvalue weighted by atomic mass is 16.5. The number of rotatable bonds is 5. The van der Waals surface area contributed by atoms with Crippen LogP contribution in [0.2, 0.25) is 0 Å². The lowest BCUT2D eigenvalue weighted by atomic mass is 9.82. The number of hydrazine groups is 1. The van der Waals surface area contributed by atoms with Crippen molar-refractivity contribution >= 4 is 0 Å². The SMILES string of the molecule is COc1ccc(C(CC2CC3CCC2C3)NN)c(C)c1. The summed E-state index contributed by atoms with van der Waals surface area (Å²) in [6.45, 7) is 2.14. The van der Waals surface area contributed by atoms with Crippen molar-refractivity contribution in [2.75, 3.05) is 7.11 Å². The molecule has 2 bridgehead atoms. The second kappa shape index (κ2) is 5.74. The van der Waals surface area contributed by atoms with E-state index in [4.69, 9.17) is 10.6 Å². The van der Waals surface area contributed by atoms with Gasteiger partial charge in [0, 0.05) is 6.04 Å². The number of hydrogen-bond acceptors (Lipinski definition) is 3. The Balaban J connectivity index is 1.73. The van der Waals surface area contributed by atoms with Crippen LogP contribution in [0.1, 0.15) is 49.3 Å². The van der Waals surface area contributed by atoms with Crippen LogP contribution >= 0.6 is 0 Å². The van der Waals surface area contributed by atoms with Crippen molar-refractivity contribution in [2.45, 2.75) is 45.1 Å². The average Bonchev–Trinajstić information content (AvgIpc) is 3.07. The molecule has 0 amide bonds. The maximum absolute atomic E-state index is 5.84. The van der Waals surface area contributed by atoms with Crippen LogP contribution < -0.4 is 16.0 Å². The molecule has 3 heteroatoms. The Bertz CT molecular complexity index is 474. The van der Waals surface area contributed by atoms with E-state index in [0.29, 0.717) is 0 Å². The van der Waals surface area contributed by atoms with Crippen molar-refractivity contribution in [2.24, 2.45) is 23.6 Å². The molecule has 0 spiro atoms. The van der Waals surface area contributed by atoms with Gasteiger partial charge in [-0.2, -0.15) is 0 Å². The summed E-state index contributed by atoms with van der Waals surface area (Å²) in [5.74, 6) is 9.57. The van der Waals surface area contributed by atoms with Gasteiger partial charge in [-0.1, -0.05) is 12.5 Å². The minimum Gasteiger partial charge on any atom is -0.497 e. The Morgan fingerprint density at radius 2 is 2.20 bits per heavy atom. The Labute approximate surface area is 121 Å². The number of nitrogens with one attached hydrogen (secondary N) is 1. The maximum Gasteiger partial charge on any atom is 0.119 e. The number of ether oxygens (including phenoxy) is 1.